The third-order valence-corrected chi connectivity index (χ3v) is 10.2. The van der Waals surface area contributed by atoms with Crippen LogP contribution in [0.25, 0.3) is 0 Å². The fraction of sp³-hybridized carbons (Fsp3) is 0.519. The van der Waals surface area contributed by atoms with Gasteiger partial charge >= 0.3 is 5.97 Å². The lowest BCUT2D eigenvalue weighted by molar-refractivity contribution is -0.154. The average molecular weight is 533 g/mol. The van der Waals surface area contributed by atoms with E-state index in [-0.39, 0.29) is 42.7 Å². The van der Waals surface area contributed by atoms with Gasteiger partial charge in [0.1, 0.15) is 12.6 Å². The number of carbonyl (C=O) groups is 3. The first-order valence-corrected chi connectivity index (χ1v) is 13.6. The fourth-order valence-electron chi connectivity index (χ4n) is 6.27. The molecule has 2 amide bonds. The smallest absolute Gasteiger partial charge is 0.311 e. The van der Waals surface area contributed by atoms with Gasteiger partial charge in [0, 0.05) is 22.5 Å². The third kappa shape index (κ3) is 4.07. The standard InChI is InChI=1S/C27H33ClN2O5S/c1-5-12-29(19-10-8-17(28)9-11-19)25(33)23-27-16(4)14-20(36-27)21(26(34)35-13-6-2)22(27)24(32)30(23)18(7-3)15-31/h5-6,8-11,16,18,20-23,31H,1-2,7,12-15H2,3-4H3/t16?,18-,20+,21-,22-,23?,27?/m0/s1. The van der Waals surface area contributed by atoms with Crippen LogP contribution in [-0.4, -0.2) is 69.6 Å². The average Bonchev–Trinajstić information content (AvgIpc) is 3.46. The summed E-state index contributed by atoms with van der Waals surface area (Å²) >= 11 is 7.67. The van der Waals surface area contributed by atoms with Crippen molar-refractivity contribution in [2.75, 3.05) is 24.7 Å². The van der Waals surface area contributed by atoms with Gasteiger partial charge in [0.2, 0.25) is 5.91 Å². The molecule has 0 aliphatic carbocycles. The Morgan fingerprint density at radius 1 is 1.33 bits per heavy atom. The van der Waals surface area contributed by atoms with Crippen LogP contribution in [0.5, 0.6) is 0 Å². The number of aliphatic hydroxyl groups excluding tert-OH is 1. The Labute approximate surface area is 221 Å². The van der Waals surface area contributed by atoms with Crippen molar-refractivity contribution < 1.29 is 24.2 Å². The number of thioether (sulfide) groups is 1. The third-order valence-electron chi connectivity index (χ3n) is 7.82. The molecule has 3 aliphatic heterocycles. The number of ether oxygens (including phenoxy) is 1. The molecule has 3 aliphatic rings. The highest BCUT2D eigenvalue weighted by Crippen LogP contribution is 2.69. The first-order valence-electron chi connectivity index (χ1n) is 12.3. The van der Waals surface area contributed by atoms with Gasteiger partial charge in [0.15, 0.2) is 0 Å². The molecule has 194 valence electrons. The van der Waals surface area contributed by atoms with Crippen LogP contribution in [0.1, 0.15) is 26.7 Å². The highest BCUT2D eigenvalue weighted by Gasteiger charge is 2.77. The van der Waals surface area contributed by atoms with E-state index in [1.54, 1.807) is 51.9 Å². The van der Waals surface area contributed by atoms with Crippen molar-refractivity contribution in [1.29, 1.82) is 0 Å². The maximum atomic E-state index is 14.5. The van der Waals surface area contributed by atoms with Gasteiger partial charge in [-0.05, 0) is 43.0 Å². The van der Waals surface area contributed by atoms with Crippen LogP contribution < -0.4 is 4.90 Å². The zero-order valence-corrected chi connectivity index (χ0v) is 22.2. The zero-order valence-electron chi connectivity index (χ0n) is 20.6. The maximum absolute atomic E-state index is 14.5. The lowest BCUT2D eigenvalue weighted by Gasteiger charge is -2.41. The van der Waals surface area contributed by atoms with Crippen LogP contribution in [0.3, 0.4) is 0 Å². The first kappa shape index (κ1) is 26.8. The number of rotatable bonds is 10. The van der Waals surface area contributed by atoms with Crippen molar-refractivity contribution >= 4 is 46.8 Å². The maximum Gasteiger partial charge on any atom is 0.311 e. The molecule has 3 unspecified atom stereocenters. The van der Waals surface area contributed by atoms with Crippen molar-refractivity contribution in [3.05, 3.63) is 54.6 Å². The number of halogens is 1. The van der Waals surface area contributed by atoms with E-state index >= 15 is 0 Å². The summed E-state index contributed by atoms with van der Waals surface area (Å²) in [6.07, 6.45) is 4.33. The molecule has 1 aromatic rings. The second-order valence-electron chi connectivity index (χ2n) is 9.68. The quantitative estimate of drug-likeness (QED) is 0.365. The monoisotopic (exact) mass is 532 g/mol. The molecule has 3 fully saturated rings. The number of aliphatic hydroxyl groups is 1. The summed E-state index contributed by atoms with van der Waals surface area (Å²) in [5.41, 5.74) is 0.640. The number of hydrogen-bond acceptors (Lipinski definition) is 6. The Hall–Kier alpha value is -2.29. The van der Waals surface area contributed by atoms with E-state index in [2.05, 4.69) is 20.1 Å². The van der Waals surface area contributed by atoms with Crippen molar-refractivity contribution in [2.24, 2.45) is 17.8 Å². The number of amides is 2. The number of hydrogen-bond donors (Lipinski definition) is 1. The Kier molecular flexibility index (Phi) is 7.88. The lowest BCUT2D eigenvalue weighted by atomic mass is 9.66. The topological polar surface area (TPSA) is 87.1 Å². The van der Waals surface area contributed by atoms with Crippen LogP contribution in [-0.2, 0) is 19.1 Å². The summed E-state index contributed by atoms with van der Waals surface area (Å²) in [4.78, 5) is 44.9. The highest BCUT2D eigenvalue weighted by molar-refractivity contribution is 8.02. The van der Waals surface area contributed by atoms with Gasteiger partial charge in [-0.25, -0.2) is 0 Å². The number of fused-ring (bicyclic) bond motifs is 1. The summed E-state index contributed by atoms with van der Waals surface area (Å²) in [6, 6.07) is 5.57. The highest BCUT2D eigenvalue weighted by atomic mass is 35.5. The number of likely N-dealkylation sites (tertiary alicyclic amines) is 1. The number of benzene rings is 1. The largest absolute Gasteiger partial charge is 0.461 e. The number of carbonyl (C=O) groups excluding carboxylic acids is 3. The van der Waals surface area contributed by atoms with Crippen LogP contribution in [0.2, 0.25) is 5.02 Å². The summed E-state index contributed by atoms with van der Waals surface area (Å²) in [7, 11) is 0. The molecule has 3 heterocycles. The Balaban J connectivity index is 1.83. The molecule has 4 rings (SSSR count). The minimum atomic E-state index is -0.843. The number of nitrogens with zero attached hydrogens (tertiary/aromatic N) is 2. The number of esters is 1. The minimum Gasteiger partial charge on any atom is -0.461 e. The molecule has 0 radical (unpaired) electrons. The molecule has 7 nitrogen and oxygen atoms in total. The molecular weight excluding hydrogens is 500 g/mol. The predicted molar refractivity (Wildman–Crippen MR) is 142 cm³/mol. The van der Waals surface area contributed by atoms with Gasteiger partial charge in [0.25, 0.3) is 5.91 Å². The molecule has 0 saturated carbocycles. The van der Waals surface area contributed by atoms with Gasteiger partial charge in [-0.15, -0.1) is 18.3 Å². The summed E-state index contributed by atoms with van der Waals surface area (Å²) in [5.74, 6) is -2.26. The molecule has 2 bridgehead atoms. The van der Waals surface area contributed by atoms with Gasteiger partial charge < -0.3 is 19.6 Å². The van der Waals surface area contributed by atoms with Crippen molar-refractivity contribution in [3.63, 3.8) is 0 Å². The molecule has 1 N–H and O–H groups in total. The lowest BCUT2D eigenvalue weighted by Crippen LogP contribution is -2.59. The van der Waals surface area contributed by atoms with Crippen molar-refractivity contribution in [1.82, 2.24) is 4.90 Å². The van der Waals surface area contributed by atoms with Gasteiger partial charge in [-0.2, -0.15) is 0 Å². The summed E-state index contributed by atoms with van der Waals surface area (Å²) < 4.78 is 4.61. The van der Waals surface area contributed by atoms with E-state index in [1.807, 2.05) is 6.92 Å². The molecule has 1 aromatic carbocycles. The summed E-state index contributed by atoms with van der Waals surface area (Å²) in [6.45, 7) is 11.4. The molecule has 7 atom stereocenters. The van der Waals surface area contributed by atoms with Crippen LogP contribution in [0, 0.1) is 17.8 Å². The number of anilines is 1. The van der Waals surface area contributed by atoms with Crippen molar-refractivity contribution in [3.8, 4) is 0 Å². The summed E-state index contributed by atoms with van der Waals surface area (Å²) in [5, 5.41) is 10.7. The van der Waals surface area contributed by atoms with Gasteiger partial charge in [-0.3, -0.25) is 14.4 Å². The Bertz CT molecular complexity index is 1050. The molecule has 36 heavy (non-hydrogen) atoms. The van der Waals surface area contributed by atoms with Crippen LogP contribution in [0.15, 0.2) is 49.6 Å². The molecule has 3 saturated heterocycles. The second-order valence-corrected chi connectivity index (χ2v) is 11.7. The second kappa shape index (κ2) is 10.6. The van der Waals surface area contributed by atoms with Crippen LogP contribution >= 0.6 is 23.4 Å². The SMILES string of the molecule is C=CCOC(=O)[C@@H]1[C@H]2C(=O)N([C@@H](CC)CO)C(C(=O)N(CC=C)c3ccc(Cl)cc3)C23S[C@@H]1CC3C. The van der Waals surface area contributed by atoms with Crippen molar-refractivity contribution in [2.45, 2.75) is 48.8 Å². The fourth-order valence-corrected chi connectivity index (χ4v) is 8.79. The van der Waals surface area contributed by atoms with E-state index in [9.17, 15) is 19.5 Å². The van der Waals surface area contributed by atoms with Crippen LogP contribution in [0.4, 0.5) is 5.69 Å². The van der Waals surface area contributed by atoms with Gasteiger partial charge in [0.05, 0.1) is 29.2 Å². The molecular formula is C27H33ClN2O5S. The van der Waals surface area contributed by atoms with Gasteiger partial charge in [-0.1, -0.05) is 44.2 Å². The predicted octanol–water partition coefficient (Wildman–Crippen LogP) is 3.70. The molecule has 9 heteroatoms. The van der Waals surface area contributed by atoms with E-state index < -0.39 is 34.6 Å². The molecule has 1 spiro atoms. The Morgan fingerprint density at radius 2 is 2.03 bits per heavy atom. The van der Waals surface area contributed by atoms with E-state index in [0.29, 0.717) is 23.6 Å². The first-order chi connectivity index (χ1) is 17.3. The van der Waals surface area contributed by atoms with E-state index in [1.165, 1.54) is 6.08 Å². The van der Waals surface area contributed by atoms with E-state index in [4.69, 9.17) is 16.3 Å². The Morgan fingerprint density at radius 3 is 2.61 bits per heavy atom. The van der Waals surface area contributed by atoms with E-state index in [0.717, 1.165) is 0 Å². The molecule has 0 aromatic heterocycles. The zero-order chi connectivity index (χ0) is 26.2. The minimum absolute atomic E-state index is 0.0100. The normalized spacial score (nSPS) is 31.2.